The number of amides is 1. The van der Waals surface area contributed by atoms with Gasteiger partial charge in [0.2, 0.25) is 0 Å². The van der Waals surface area contributed by atoms with Crippen molar-refractivity contribution in [1.82, 2.24) is 30.0 Å². The number of allylic oxidation sites excluding steroid dienone is 1. The number of nitrogens with zero attached hydrogens (tertiary/aromatic N) is 5. The number of rotatable bonds is 3. The third kappa shape index (κ3) is 5.46. The Morgan fingerprint density at radius 1 is 1.34 bits per heavy atom. The Morgan fingerprint density at radius 2 is 2.20 bits per heavy atom. The number of thiazole rings is 1. The Morgan fingerprint density at radius 3 is 2.91 bits per heavy atom. The summed E-state index contributed by atoms with van der Waals surface area (Å²) in [6.45, 7) is 5.08. The molecule has 1 aliphatic heterocycles. The van der Waals surface area contributed by atoms with E-state index in [-0.39, 0.29) is 17.6 Å². The van der Waals surface area contributed by atoms with Gasteiger partial charge < -0.3 is 14.6 Å². The molecule has 11 heteroatoms. The molecule has 0 unspecified atom stereocenters. The zero-order valence-corrected chi connectivity index (χ0v) is 20.5. The van der Waals surface area contributed by atoms with E-state index in [1.54, 1.807) is 42.2 Å². The first-order valence-corrected chi connectivity index (χ1v) is 12.0. The van der Waals surface area contributed by atoms with Gasteiger partial charge in [0, 0.05) is 26.2 Å². The highest BCUT2D eigenvalue weighted by atomic mass is 32.1. The summed E-state index contributed by atoms with van der Waals surface area (Å²) in [6, 6.07) is 4.97. The minimum Gasteiger partial charge on any atom is -0.434 e. The van der Waals surface area contributed by atoms with Crippen LogP contribution in [-0.4, -0.2) is 55.4 Å². The van der Waals surface area contributed by atoms with E-state index in [2.05, 4.69) is 30.1 Å². The summed E-state index contributed by atoms with van der Waals surface area (Å²) in [7, 11) is 1.56. The van der Waals surface area contributed by atoms with Crippen LogP contribution in [0.25, 0.3) is 16.0 Å². The minimum absolute atomic E-state index is 0.0759. The smallest absolute Gasteiger partial charge is 0.309 e. The Hall–Kier alpha value is -3.86. The molecule has 1 amide bonds. The second kappa shape index (κ2) is 11.0. The predicted octanol–water partition coefficient (Wildman–Crippen LogP) is 4.34. The molecule has 0 saturated carbocycles. The van der Waals surface area contributed by atoms with Crippen LogP contribution < -0.4 is 0 Å². The Balaban J connectivity index is 0.000000239. The lowest BCUT2D eigenvalue weighted by molar-refractivity contribution is -0.126. The van der Waals surface area contributed by atoms with E-state index in [0.717, 1.165) is 40.1 Å². The van der Waals surface area contributed by atoms with Gasteiger partial charge in [0.25, 0.3) is 5.90 Å². The quantitative estimate of drug-likeness (QED) is 0.249. The van der Waals surface area contributed by atoms with Gasteiger partial charge in [-0.25, -0.2) is 19.4 Å². The van der Waals surface area contributed by atoms with Crippen LogP contribution in [0.2, 0.25) is 0 Å². The van der Waals surface area contributed by atoms with Crippen molar-refractivity contribution < 1.29 is 13.9 Å². The molecule has 35 heavy (non-hydrogen) atoms. The van der Waals surface area contributed by atoms with Gasteiger partial charge in [-0.1, -0.05) is 13.0 Å². The fraction of sp³-hybridized carbons (Fsp3) is 0.292. The highest BCUT2D eigenvalue weighted by Crippen LogP contribution is 2.23. The summed E-state index contributed by atoms with van der Waals surface area (Å²) in [4.78, 5) is 29.9. The molecule has 3 aromatic heterocycles. The Kier molecular flexibility index (Phi) is 7.66. The van der Waals surface area contributed by atoms with E-state index in [1.165, 1.54) is 17.4 Å². The summed E-state index contributed by atoms with van der Waals surface area (Å²) < 4.78 is 19.6. The molecular weight excluding hydrogens is 469 g/mol. The number of hydrogen-bond donors (Lipinski definition) is 2. The number of imidazole rings is 1. The molecule has 1 aliphatic rings. The number of carbonyl (C=O) groups excluding carboxylic acids is 1. The molecule has 4 aromatic rings. The summed E-state index contributed by atoms with van der Waals surface area (Å²) in [5.74, 6) is 0.225. The summed E-state index contributed by atoms with van der Waals surface area (Å²) in [5.41, 5.74) is 5.92. The molecule has 0 aliphatic carbocycles. The first-order chi connectivity index (χ1) is 17.0. The van der Waals surface area contributed by atoms with Gasteiger partial charge in [0.15, 0.2) is 0 Å². The lowest BCUT2D eigenvalue weighted by atomic mass is 10.1. The number of carbonyl (C=O) groups is 1. The van der Waals surface area contributed by atoms with E-state index in [1.807, 2.05) is 19.9 Å². The predicted molar refractivity (Wildman–Crippen MR) is 133 cm³/mol. The molecule has 0 radical (unpaired) electrons. The fourth-order valence-electron chi connectivity index (χ4n) is 3.58. The van der Waals surface area contributed by atoms with Crippen molar-refractivity contribution in [2.45, 2.75) is 33.2 Å². The lowest BCUT2D eigenvalue weighted by Gasteiger charge is -2.26. The van der Waals surface area contributed by atoms with Crippen molar-refractivity contribution in [2.75, 3.05) is 13.6 Å². The molecule has 1 aromatic carbocycles. The number of hydrogen-bond acceptors (Lipinski definition) is 7. The molecule has 0 bridgehead atoms. The van der Waals surface area contributed by atoms with Crippen molar-refractivity contribution in [3.05, 3.63) is 70.8 Å². The summed E-state index contributed by atoms with van der Waals surface area (Å²) in [5, 5.41) is 6.73. The van der Waals surface area contributed by atoms with Crippen molar-refractivity contribution in [2.24, 2.45) is 4.99 Å². The molecule has 2 N–H and O–H groups in total. The normalized spacial score (nSPS) is 14.2. The second-order valence-corrected chi connectivity index (χ2v) is 8.71. The molecule has 0 saturated heterocycles. The zero-order chi connectivity index (χ0) is 24.8. The topological polar surface area (TPSA) is 112 Å². The number of aromatic amines is 2. The zero-order valence-electron chi connectivity index (χ0n) is 19.7. The number of aromatic nitrogens is 5. The number of H-pyrrole nitrogens is 2. The number of fused-ring (bicyclic) bond motifs is 2. The number of nitrogens with one attached hydrogen (secondary N) is 2. The SMILES string of the molecule is CC/C(C)=C(\OC(=NC)C(=O)N1CCc2nc[nH]c2C1)c1cn[nH]c1.Fc1cccc2scnc12. The van der Waals surface area contributed by atoms with Gasteiger partial charge in [-0.3, -0.25) is 9.89 Å². The molecule has 9 nitrogen and oxygen atoms in total. The third-order valence-corrected chi connectivity index (χ3v) is 6.43. The number of ether oxygens (including phenoxy) is 1. The van der Waals surface area contributed by atoms with Gasteiger partial charge >= 0.3 is 5.91 Å². The molecule has 0 fully saturated rings. The van der Waals surface area contributed by atoms with Crippen LogP contribution in [0.4, 0.5) is 4.39 Å². The fourth-order valence-corrected chi connectivity index (χ4v) is 4.27. The van der Waals surface area contributed by atoms with E-state index >= 15 is 0 Å². The molecule has 182 valence electrons. The van der Waals surface area contributed by atoms with Crippen LogP contribution in [0, 0.1) is 5.82 Å². The highest BCUT2D eigenvalue weighted by molar-refractivity contribution is 7.16. The van der Waals surface area contributed by atoms with Crippen LogP contribution in [-0.2, 0) is 22.5 Å². The van der Waals surface area contributed by atoms with E-state index in [0.29, 0.717) is 24.4 Å². The Labute approximate surface area is 205 Å². The summed E-state index contributed by atoms with van der Waals surface area (Å²) >= 11 is 1.45. The number of aliphatic imine (C=N–C) groups is 1. The van der Waals surface area contributed by atoms with Crippen LogP contribution in [0.1, 0.15) is 37.2 Å². The third-order valence-electron chi connectivity index (χ3n) is 5.64. The average Bonchev–Trinajstić information content (AvgIpc) is 3.66. The minimum atomic E-state index is -0.237. The lowest BCUT2D eigenvalue weighted by Crippen LogP contribution is -2.41. The van der Waals surface area contributed by atoms with E-state index in [9.17, 15) is 9.18 Å². The van der Waals surface area contributed by atoms with E-state index < -0.39 is 0 Å². The van der Waals surface area contributed by atoms with Gasteiger partial charge in [0.1, 0.15) is 17.1 Å². The van der Waals surface area contributed by atoms with Gasteiger partial charge in [-0.15, -0.1) is 11.3 Å². The van der Waals surface area contributed by atoms with Gasteiger partial charge in [0.05, 0.1) is 46.2 Å². The van der Waals surface area contributed by atoms with Crippen LogP contribution in [0.5, 0.6) is 0 Å². The van der Waals surface area contributed by atoms with Crippen molar-refractivity contribution in [3.63, 3.8) is 0 Å². The maximum absolute atomic E-state index is 12.9. The maximum Gasteiger partial charge on any atom is 0.309 e. The standard InChI is InChI=1S/C17H22N6O2.C7H4FNS/c1-4-11(2)15(12-7-21-22-8-12)25-16(18-3)17(24)23-6-5-13-14(9-23)20-10-19-13;8-5-2-1-3-6-7(5)9-4-10-6/h7-8,10H,4-6,9H2,1-3H3,(H,19,20)(H,21,22);1-4H/b15-11-,18-16?;. The first-order valence-electron chi connectivity index (χ1n) is 11.1. The molecule has 5 rings (SSSR count). The van der Waals surface area contributed by atoms with Crippen LogP contribution in [0.15, 0.2) is 53.0 Å². The summed E-state index contributed by atoms with van der Waals surface area (Å²) in [6.07, 6.45) is 6.59. The number of para-hydroxylation sites is 1. The highest BCUT2D eigenvalue weighted by Gasteiger charge is 2.28. The second-order valence-electron chi connectivity index (χ2n) is 7.82. The van der Waals surface area contributed by atoms with Crippen molar-refractivity contribution in [1.29, 1.82) is 0 Å². The maximum atomic E-state index is 12.9. The van der Waals surface area contributed by atoms with Crippen molar-refractivity contribution >= 4 is 39.1 Å². The molecular formula is C24H26FN7O2S. The number of benzene rings is 1. The largest absolute Gasteiger partial charge is 0.434 e. The van der Waals surface area contributed by atoms with Crippen molar-refractivity contribution in [3.8, 4) is 0 Å². The van der Waals surface area contributed by atoms with Crippen LogP contribution >= 0.6 is 11.3 Å². The van der Waals surface area contributed by atoms with Gasteiger partial charge in [-0.2, -0.15) is 5.10 Å². The number of halogens is 1. The molecule has 0 spiro atoms. The van der Waals surface area contributed by atoms with Gasteiger partial charge in [-0.05, 0) is 31.1 Å². The van der Waals surface area contributed by atoms with Crippen LogP contribution in [0.3, 0.4) is 0 Å². The molecule has 4 heterocycles. The Bertz CT molecular complexity index is 1360. The van der Waals surface area contributed by atoms with E-state index in [4.69, 9.17) is 4.74 Å². The first kappa shape index (κ1) is 24.3. The monoisotopic (exact) mass is 495 g/mol. The average molecular weight is 496 g/mol. The molecule has 0 atom stereocenters.